The molecule has 5 atom stereocenters. The number of benzene rings is 2. The summed E-state index contributed by atoms with van der Waals surface area (Å²) in [5.74, 6) is -0.558. The lowest BCUT2D eigenvalue weighted by Gasteiger charge is -2.30. The summed E-state index contributed by atoms with van der Waals surface area (Å²) < 4.78 is 5.38. The first-order valence-corrected chi connectivity index (χ1v) is 13.8. The SMILES string of the molecule is CC(C)(C)OC(=O)N[C@@H](Cc1ccccc1)[C@H](O)CNCC(O)[C@H](Cc1ccccc1)NC(=O)[C@@H](O)C(C)(C)C. The molecule has 0 aliphatic rings. The van der Waals surface area contributed by atoms with E-state index < -0.39 is 53.4 Å². The van der Waals surface area contributed by atoms with Crippen LogP contribution in [0.1, 0.15) is 52.7 Å². The first-order chi connectivity index (χ1) is 18.7. The minimum absolute atomic E-state index is 0.0605. The van der Waals surface area contributed by atoms with Gasteiger partial charge in [0.1, 0.15) is 11.7 Å². The Morgan fingerprint density at radius 2 is 1.15 bits per heavy atom. The fourth-order valence-corrected chi connectivity index (χ4v) is 4.08. The molecule has 2 rings (SSSR count). The zero-order valence-corrected chi connectivity index (χ0v) is 24.6. The van der Waals surface area contributed by atoms with Crippen molar-refractivity contribution in [3.63, 3.8) is 0 Å². The smallest absolute Gasteiger partial charge is 0.407 e. The van der Waals surface area contributed by atoms with Crippen molar-refractivity contribution in [2.24, 2.45) is 5.41 Å². The van der Waals surface area contributed by atoms with Crippen LogP contribution in [-0.2, 0) is 22.4 Å². The lowest BCUT2D eigenvalue weighted by Crippen LogP contribution is -2.54. The van der Waals surface area contributed by atoms with Crippen LogP contribution in [0, 0.1) is 5.41 Å². The Balaban J connectivity index is 2.06. The van der Waals surface area contributed by atoms with Crippen LogP contribution in [0.3, 0.4) is 0 Å². The summed E-state index contributed by atoms with van der Waals surface area (Å²) in [7, 11) is 0. The van der Waals surface area contributed by atoms with Crippen LogP contribution >= 0.6 is 0 Å². The summed E-state index contributed by atoms with van der Waals surface area (Å²) in [4.78, 5) is 25.2. The van der Waals surface area contributed by atoms with Crippen LogP contribution < -0.4 is 16.0 Å². The van der Waals surface area contributed by atoms with Crippen molar-refractivity contribution < 1.29 is 29.6 Å². The fraction of sp³-hybridized carbons (Fsp3) is 0.548. The minimum atomic E-state index is -1.24. The molecule has 0 bridgehead atoms. The van der Waals surface area contributed by atoms with Crippen LogP contribution in [0.15, 0.2) is 60.7 Å². The third-order valence-corrected chi connectivity index (χ3v) is 6.33. The van der Waals surface area contributed by atoms with E-state index >= 15 is 0 Å². The Bertz CT molecular complexity index is 1040. The van der Waals surface area contributed by atoms with Gasteiger partial charge in [-0.3, -0.25) is 4.79 Å². The quantitative estimate of drug-likeness (QED) is 0.222. The molecule has 0 heterocycles. The predicted octanol–water partition coefficient (Wildman–Crippen LogP) is 2.57. The standard InChI is InChI=1S/C31H47N3O6/c1-30(2,3)27(37)28(38)33-23(17-21-13-9-7-10-14-21)25(35)19-32-20-26(36)24(18-22-15-11-8-12-16-22)34-29(39)40-31(4,5)6/h7-16,23-27,32,35-37H,17-20H2,1-6H3,(H,33,38)(H,34,39)/t23-,24-,25?,26+,27+/m0/s1. The summed E-state index contributed by atoms with van der Waals surface area (Å²) >= 11 is 0. The molecule has 0 radical (unpaired) electrons. The van der Waals surface area contributed by atoms with Gasteiger partial charge in [-0.2, -0.15) is 0 Å². The molecule has 0 fully saturated rings. The van der Waals surface area contributed by atoms with Gasteiger partial charge in [-0.1, -0.05) is 81.4 Å². The highest BCUT2D eigenvalue weighted by atomic mass is 16.6. The summed E-state index contributed by atoms with van der Waals surface area (Å²) in [6.07, 6.45) is -3.16. The van der Waals surface area contributed by atoms with Gasteiger partial charge in [0.05, 0.1) is 24.3 Å². The second kappa shape index (κ2) is 15.1. The molecule has 9 heteroatoms. The highest BCUT2D eigenvalue weighted by Gasteiger charge is 2.32. The lowest BCUT2D eigenvalue weighted by molar-refractivity contribution is -0.136. The Morgan fingerprint density at radius 3 is 1.55 bits per heavy atom. The average Bonchev–Trinajstić information content (AvgIpc) is 2.86. The average molecular weight is 558 g/mol. The van der Waals surface area contributed by atoms with Gasteiger partial charge in [-0.15, -0.1) is 0 Å². The van der Waals surface area contributed by atoms with Gasteiger partial charge in [0, 0.05) is 13.1 Å². The van der Waals surface area contributed by atoms with Crippen molar-refractivity contribution in [1.29, 1.82) is 0 Å². The molecule has 40 heavy (non-hydrogen) atoms. The van der Waals surface area contributed by atoms with Crippen molar-refractivity contribution >= 4 is 12.0 Å². The molecule has 2 amide bonds. The van der Waals surface area contributed by atoms with Gasteiger partial charge >= 0.3 is 6.09 Å². The van der Waals surface area contributed by atoms with E-state index in [0.717, 1.165) is 11.1 Å². The maximum atomic E-state index is 12.8. The highest BCUT2D eigenvalue weighted by Crippen LogP contribution is 2.19. The van der Waals surface area contributed by atoms with Crippen LogP contribution in [0.4, 0.5) is 4.79 Å². The Kier molecular flexibility index (Phi) is 12.6. The monoisotopic (exact) mass is 557 g/mol. The maximum absolute atomic E-state index is 12.8. The van der Waals surface area contributed by atoms with Gasteiger partial charge in [0.2, 0.25) is 5.91 Å². The number of aliphatic hydroxyl groups is 3. The molecule has 0 saturated carbocycles. The molecule has 2 aromatic rings. The molecule has 0 spiro atoms. The van der Waals surface area contributed by atoms with E-state index in [1.54, 1.807) is 41.5 Å². The summed E-state index contributed by atoms with van der Waals surface area (Å²) in [6.45, 7) is 10.7. The van der Waals surface area contributed by atoms with Crippen LogP contribution in [0.5, 0.6) is 0 Å². The molecular formula is C31H47N3O6. The molecule has 0 aromatic heterocycles. The van der Waals surface area contributed by atoms with E-state index in [1.807, 2.05) is 60.7 Å². The number of carbonyl (C=O) groups is 2. The topological polar surface area (TPSA) is 140 Å². The van der Waals surface area contributed by atoms with Crippen molar-refractivity contribution in [2.45, 2.75) is 90.4 Å². The van der Waals surface area contributed by atoms with Crippen LogP contribution in [-0.4, -0.2) is 76.4 Å². The Morgan fingerprint density at radius 1 is 0.725 bits per heavy atom. The number of alkyl carbamates (subject to hydrolysis) is 1. The van der Waals surface area contributed by atoms with Gasteiger partial charge in [-0.05, 0) is 50.2 Å². The summed E-state index contributed by atoms with van der Waals surface area (Å²) in [6, 6.07) is 17.6. The number of aliphatic hydroxyl groups excluding tert-OH is 3. The molecule has 1 unspecified atom stereocenters. The van der Waals surface area contributed by atoms with Crippen molar-refractivity contribution in [3.8, 4) is 0 Å². The third-order valence-electron chi connectivity index (χ3n) is 6.33. The normalized spacial score (nSPS) is 15.8. The van der Waals surface area contributed by atoms with Crippen molar-refractivity contribution in [3.05, 3.63) is 71.8 Å². The fourth-order valence-electron chi connectivity index (χ4n) is 4.08. The van der Waals surface area contributed by atoms with Gasteiger partial charge in [-0.25, -0.2) is 4.79 Å². The van der Waals surface area contributed by atoms with Crippen LogP contribution in [0.2, 0.25) is 0 Å². The number of ether oxygens (including phenoxy) is 1. The largest absolute Gasteiger partial charge is 0.444 e. The number of hydrogen-bond acceptors (Lipinski definition) is 7. The molecule has 9 nitrogen and oxygen atoms in total. The number of rotatable bonds is 13. The maximum Gasteiger partial charge on any atom is 0.407 e. The number of carbonyl (C=O) groups excluding carboxylic acids is 2. The molecular weight excluding hydrogens is 510 g/mol. The Hall–Kier alpha value is -2.98. The van der Waals surface area contributed by atoms with E-state index in [2.05, 4.69) is 16.0 Å². The number of nitrogens with one attached hydrogen (secondary N) is 3. The second-order valence-electron chi connectivity index (χ2n) is 12.3. The van der Waals surface area contributed by atoms with Gasteiger partial charge in [0.25, 0.3) is 0 Å². The van der Waals surface area contributed by atoms with E-state index in [-0.39, 0.29) is 13.1 Å². The van der Waals surface area contributed by atoms with Crippen molar-refractivity contribution in [1.82, 2.24) is 16.0 Å². The number of hydrogen-bond donors (Lipinski definition) is 6. The van der Waals surface area contributed by atoms with E-state index in [9.17, 15) is 24.9 Å². The number of amides is 2. The summed E-state index contributed by atoms with van der Waals surface area (Å²) in [5.41, 5.74) is 0.504. The van der Waals surface area contributed by atoms with E-state index in [0.29, 0.717) is 12.8 Å². The highest BCUT2D eigenvalue weighted by molar-refractivity contribution is 5.81. The molecule has 0 aliphatic heterocycles. The molecule has 222 valence electrons. The molecule has 6 N–H and O–H groups in total. The molecule has 2 aromatic carbocycles. The van der Waals surface area contributed by atoms with Gasteiger partial charge < -0.3 is 36.0 Å². The van der Waals surface area contributed by atoms with E-state index in [4.69, 9.17) is 4.74 Å². The first-order valence-electron chi connectivity index (χ1n) is 13.8. The van der Waals surface area contributed by atoms with Gasteiger partial charge in [0.15, 0.2) is 0 Å². The van der Waals surface area contributed by atoms with Crippen molar-refractivity contribution in [2.75, 3.05) is 13.1 Å². The zero-order valence-electron chi connectivity index (χ0n) is 24.6. The Labute approximate surface area is 238 Å². The third kappa shape index (κ3) is 12.0. The minimum Gasteiger partial charge on any atom is -0.444 e. The molecule has 0 saturated heterocycles. The lowest BCUT2D eigenvalue weighted by atomic mass is 9.88. The first kappa shape index (κ1) is 33.2. The predicted molar refractivity (Wildman–Crippen MR) is 156 cm³/mol. The van der Waals surface area contributed by atoms with Crippen LogP contribution in [0.25, 0.3) is 0 Å². The molecule has 0 aliphatic carbocycles. The second-order valence-corrected chi connectivity index (χ2v) is 12.3. The summed E-state index contributed by atoms with van der Waals surface area (Å²) in [5, 5.41) is 41.1. The van der Waals surface area contributed by atoms with E-state index in [1.165, 1.54) is 0 Å². The zero-order chi connectivity index (χ0) is 29.9.